The fourth-order valence-electron chi connectivity index (χ4n) is 2.35. The zero-order valence-corrected chi connectivity index (χ0v) is 12.6. The summed E-state index contributed by atoms with van der Waals surface area (Å²) < 4.78 is 0. The van der Waals surface area contributed by atoms with Crippen molar-refractivity contribution in [3.63, 3.8) is 0 Å². The van der Waals surface area contributed by atoms with Crippen molar-refractivity contribution in [1.82, 2.24) is 5.01 Å². The van der Waals surface area contributed by atoms with E-state index in [0.29, 0.717) is 6.42 Å². The fourth-order valence-corrected chi connectivity index (χ4v) is 3.19. The van der Waals surface area contributed by atoms with E-state index in [-0.39, 0.29) is 23.6 Å². The highest BCUT2D eigenvalue weighted by Crippen LogP contribution is 2.34. The zero-order chi connectivity index (χ0) is 14.8. The molecule has 0 saturated carbocycles. The number of nitrogens with zero attached hydrogens (tertiary/aromatic N) is 2. The number of thiophene rings is 1. The summed E-state index contributed by atoms with van der Waals surface area (Å²) in [5.41, 5.74) is 1.82. The van der Waals surface area contributed by atoms with Gasteiger partial charge in [0.05, 0.1) is 16.6 Å². The Hall–Kier alpha value is -1.85. The Labute approximate surface area is 131 Å². The molecule has 1 aliphatic rings. The van der Waals surface area contributed by atoms with Gasteiger partial charge in [-0.1, -0.05) is 18.2 Å². The van der Waals surface area contributed by atoms with Gasteiger partial charge < -0.3 is 5.11 Å². The number of rotatable bonds is 3. The number of halogens is 1. The summed E-state index contributed by atoms with van der Waals surface area (Å²) in [4.78, 5) is 13.1. The van der Waals surface area contributed by atoms with Crippen molar-refractivity contribution >= 4 is 34.6 Å². The van der Waals surface area contributed by atoms with E-state index in [0.717, 1.165) is 16.2 Å². The van der Waals surface area contributed by atoms with Gasteiger partial charge in [-0.2, -0.15) is 5.10 Å². The molecule has 3 rings (SSSR count). The van der Waals surface area contributed by atoms with Gasteiger partial charge in [-0.3, -0.25) is 4.79 Å². The van der Waals surface area contributed by atoms with Crippen molar-refractivity contribution in [2.45, 2.75) is 12.5 Å². The first-order valence-corrected chi connectivity index (χ1v) is 7.89. The molecule has 108 valence electrons. The average molecular weight is 321 g/mol. The Bertz CT molecular complexity index is 667. The van der Waals surface area contributed by atoms with E-state index in [9.17, 15) is 9.90 Å². The lowest BCUT2D eigenvalue weighted by atomic mass is 10.0. The molecule has 1 aromatic carbocycles. The SMILES string of the molecule is O=C(CCl)N1N=C(c2cccs2)C[C@H]1c1ccc(O)cc1. The van der Waals surface area contributed by atoms with Crippen LogP contribution < -0.4 is 0 Å². The first kappa shape index (κ1) is 14.1. The number of amides is 1. The standard InChI is InChI=1S/C15H13ClN2O2S/c16-9-15(20)18-13(10-3-5-11(19)6-4-10)8-12(17-18)14-2-1-7-21-14/h1-7,13,19H,8-9H2/t13-/m0/s1. The fraction of sp³-hybridized carbons (Fsp3) is 0.200. The maximum Gasteiger partial charge on any atom is 0.258 e. The summed E-state index contributed by atoms with van der Waals surface area (Å²) in [5.74, 6) is -0.122. The molecular weight excluding hydrogens is 308 g/mol. The lowest BCUT2D eigenvalue weighted by molar-refractivity contribution is -0.130. The normalized spacial score (nSPS) is 17.9. The van der Waals surface area contributed by atoms with Crippen molar-refractivity contribution in [3.05, 3.63) is 52.2 Å². The minimum absolute atomic E-state index is 0.101. The number of hydrazone groups is 1. The van der Waals surface area contributed by atoms with E-state index in [1.807, 2.05) is 17.5 Å². The molecule has 0 fully saturated rings. The Morgan fingerprint density at radius 2 is 2.14 bits per heavy atom. The topological polar surface area (TPSA) is 52.9 Å². The number of alkyl halides is 1. The van der Waals surface area contributed by atoms with Crippen molar-refractivity contribution in [3.8, 4) is 5.75 Å². The second-order valence-electron chi connectivity index (χ2n) is 4.71. The minimum atomic E-state index is -0.221. The van der Waals surface area contributed by atoms with Gasteiger partial charge in [-0.05, 0) is 29.1 Å². The lowest BCUT2D eigenvalue weighted by Crippen LogP contribution is -2.27. The van der Waals surface area contributed by atoms with Crippen molar-refractivity contribution in [2.75, 3.05) is 5.88 Å². The minimum Gasteiger partial charge on any atom is -0.508 e. The van der Waals surface area contributed by atoms with E-state index in [1.54, 1.807) is 35.6 Å². The smallest absolute Gasteiger partial charge is 0.258 e. The summed E-state index contributed by atoms with van der Waals surface area (Å²) in [6.07, 6.45) is 0.647. The summed E-state index contributed by atoms with van der Waals surface area (Å²) >= 11 is 7.28. The third kappa shape index (κ3) is 2.80. The summed E-state index contributed by atoms with van der Waals surface area (Å²) in [7, 11) is 0. The van der Waals surface area contributed by atoms with Crippen LogP contribution in [-0.2, 0) is 4.79 Å². The van der Waals surface area contributed by atoms with Crippen LogP contribution in [0.3, 0.4) is 0 Å². The third-order valence-corrected chi connectivity index (χ3v) is 4.51. The molecule has 0 unspecified atom stereocenters. The number of benzene rings is 1. The molecule has 21 heavy (non-hydrogen) atoms. The number of hydrogen-bond acceptors (Lipinski definition) is 4. The predicted octanol–water partition coefficient (Wildman–Crippen LogP) is 3.37. The Morgan fingerprint density at radius 3 is 2.76 bits per heavy atom. The first-order chi connectivity index (χ1) is 10.2. The summed E-state index contributed by atoms with van der Waals surface area (Å²) in [5, 5.41) is 17.3. The molecule has 1 N–H and O–H groups in total. The van der Waals surface area contributed by atoms with Gasteiger partial charge in [-0.15, -0.1) is 22.9 Å². The molecule has 2 aromatic rings. The molecule has 6 heteroatoms. The molecule has 1 aromatic heterocycles. The van der Waals surface area contributed by atoms with Gasteiger partial charge in [0, 0.05) is 6.42 Å². The maximum absolute atomic E-state index is 12.0. The van der Waals surface area contributed by atoms with Crippen LogP contribution in [0.25, 0.3) is 0 Å². The second kappa shape index (κ2) is 5.87. The van der Waals surface area contributed by atoms with E-state index < -0.39 is 0 Å². The van der Waals surface area contributed by atoms with Gasteiger partial charge in [0.25, 0.3) is 5.91 Å². The van der Waals surface area contributed by atoms with Crippen LogP contribution in [0.2, 0.25) is 0 Å². The summed E-state index contributed by atoms with van der Waals surface area (Å²) in [6, 6.07) is 10.6. The zero-order valence-electron chi connectivity index (χ0n) is 11.1. The van der Waals surface area contributed by atoms with Gasteiger partial charge in [0.15, 0.2) is 0 Å². The number of phenols is 1. The van der Waals surface area contributed by atoms with Crippen molar-refractivity contribution in [2.24, 2.45) is 5.10 Å². The molecule has 1 atom stereocenters. The number of carbonyl (C=O) groups is 1. The highest BCUT2D eigenvalue weighted by Gasteiger charge is 2.32. The molecule has 0 spiro atoms. The molecule has 0 bridgehead atoms. The first-order valence-electron chi connectivity index (χ1n) is 6.47. The number of aromatic hydroxyl groups is 1. The Morgan fingerprint density at radius 1 is 1.38 bits per heavy atom. The number of carbonyl (C=O) groups excluding carboxylic acids is 1. The third-order valence-electron chi connectivity index (χ3n) is 3.36. The van der Waals surface area contributed by atoms with Crippen LogP contribution in [0.5, 0.6) is 5.75 Å². The van der Waals surface area contributed by atoms with Crippen LogP contribution >= 0.6 is 22.9 Å². The molecule has 0 radical (unpaired) electrons. The van der Waals surface area contributed by atoms with Crippen molar-refractivity contribution < 1.29 is 9.90 Å². The van der Waals surface area contributed by atoms with E-state index >= 15 is 0 Å². The molecule has 2 heterocycles. The van der Waals surface area contributed by atoms with E-state index in [2.05, 4.69) is 5.10 Å². The second-order valence-corrected chi connectivity index (χ2v) is 5.92. The molecule has 0 aliphatic carbocycles. The molecule has 1 aliphatic heterocycles. The quantitative estimate of drug-likeness (QED) is 0.882. The Kier molecular flexibility index (Phi) is 3.94. The van der Waals surface area contributed by atoms with Crippen LogP contribution in [0.1, 0.15) is 22.9 Å². The van der Waals surface area contributed by atoms with Crippen LogP contribution in [0.15, 0.2) is 46.9 Å². The van der Waals surface area contributed by atoms with Gasteiger partial charge >= 0.3 is 0 Å². The molecule has 4 nitrogen and oxygen atoms in total. The largest absolute Gasteiger partial charge is 0.508 e. The Balaban J connectivity index is 1.93. The van der Waals surface area contributed by atoms with Gasteiger partial charge in [0.1, 0.15) is 11.6 Å². The van der Waals surface area contributed by atoms with Crippen LogP contribution in [0.4, 0.5) is 0 Å². The van der Waals surface area contributed by atoms with Crippen LogP contribution in [0, 0.1) is 0 Å². The highest BCUT2D eigenvalue weighted by molar-refractivity contribution is 7.12. The van der Waals surface area contributed by atoms with Gasteiger partial charge in [-0.25, -0.2) is 5.01 Å². The summed E-state index contributed by atoms with van der Waals surface area (Å²) in [6.45, 7) is 0. The van der Waals surface area contributed by atoms with Crippen LogP contribution in [-0.4, -0.2) is 27.6 Å². The van der Waals surface area contributed by atoms with E-state index in [4.69, 9.17) is 11.6 Å². The lowest BCUT2D eigenvalue weighted by Gasteiger charge is -2.21. The predicted molar refractivity (Wildman–Crippen MR) is 83.9 cm³/mol. The number of phenolic OH excluding ortho intramolecular Hbond substituents is 1. The maximum atomic E-state index is 12.0. The van der Waals surface area contributed by atoms with E-state index in [1.165, 1.54) is 5.01 Å². The van der Waals surface area contributed by atoms with Crippen molar-refractivity contribution in [1.29, 1.82) is 0 Å². The molecule has 1 amide bonds. The molecular formula is C15H13ClN2O2S. The highest BCUT2D eigenvalue weighted by atomic mass is 35.5. The number of hydrogen-bond donors (Lipinski definition) is 1. The van der Waals surface area contributed by atoms with Gasteiger partial charge in [0.2, 0.25) is 0 Å². The average Bonchev–Trinajstić information content (AvgIpc) is 3.16. The molecule has 0 saturated heterocycles. The monoisotopic (exact) mass is 320 g/mol.